The monoisotopic (exact) mass is 329 g/mol. The Balaban J connectivity index is 1.52. The van der Waals surface area contributed by atoms with Gasteiger partial charge in [-0.05, 0) is 35.0 Å². The van der Waals surface area contributed by atoms with Crippen LogP contribution < -0.4 is 5.43 Å². The number of anilines is 1. The van der Waals surface area contributed by atoms with E-state index < -0.39 is 0 Å². The summed E-state index contributed by atoms with van der Waals surface area (Å²) in [5, 5.41) is 16.3. The average Bonchev–Trinajstić information content (AvgIpc) is 3.03. The van der Waals surface area contributed by atoms with Crippen LogP contribution >= 0.6 is 0 Å². The zero-order chi connectivity index (χ0) is 17.1. The van der Waals surface area contributed by atoms with Crippen LogP contribution in [0.4, 0.5) is 5.69 Å². The van der Waals surface area contributed by atoms with Crippen molar-refractivity contribution in [1.82, 2.24) is 4.98 Å². The summed E-state index contributed by atoms with van der Waals surface area (Å²) < 4.78 is 5.29. The average molecular weight is 329 g/mol. The number of rotatable bonds is 4. The molecule has 0 saturated heterocycles. The van der Waals surface area contributed by atoms with Crippen LogP contribution in [0.2, 0.25) is 0 Å². The molecule has 0 fully saturated rings. The van der Waals surface area contributed by atoms with Gasteiger partial charge in [-0.3, -0.25) is 5.43 Å². The van der Waals surface area contributed by atoms with Gasteiger partial charge in [0.05, 0.1) is 11.9 Å². The number of oxazole rings is 1. The van der Waals surface area contributed by atoms with Crippen LogP contribution in [0.3, 0.4) is 0 Å². The molecule has 25 heavy (non-hydrogen) atoms. The molecule has 0 spiro atoms. The lowest BCUT2D eigenvalue weighted by molar-refractivity contribution is 0.337. The summed E-state index contributed by atoms with van der Waals surface area (Å²) in [5.41, 5.74) is 4.85. The first-order chi connectivity index (χ1) is 12.3. The fourth-order valence-electron chi connectivity index (χ4n) is 2.54. The second-order valence-electron chi connectivity index (χ2n) is 5.51. The van der Waals surface area contributed by atoms with Crippen molar-refractivity contribution in [2.75, 3.05) is 5.43 Å². The first-order valence-electron chi connectivity index (χ1n) is 7.83. The van der Waals surface area contributed by atoms with Crippen molar-refractivity contribution in [2.45, 2.75) is 0 Å². The van der Waals surface area contributed by atoms with E-state index in [0.29, 0.717) is 5.89 Å². The van der Waals surface area contributed by atoms with Crippen molar-refractivity contribution in [2.24, 2.45) is 5.10 Å². The second-order valence-corrected chi connectivity index (χ2v) is 5.51. The lowest BCUT2D eigenvalue weighted by Crippen LogP contribution is -1.91. The molecule has 0 aliphatic carbocycles. The Bertz CT molecular complexity index is 1040. The summed E-state index contributed by atoms with van der Waals surface area (Å²) in [6, 6.07) is 23.5. The van der Waals surface area contributed by atoms with Crippen molar-refractivity contribution in [3.63, 3.8) is 0 Å². The lowest BCUT2D eigenvalue weighted by atomic mass is 10.1. The summed E-state index contributed by atoms with van der Waals surface area (Å²) in [5.74, 6) is 0.0909. The summed E-state index contributed by atoms with van der Waals surface area (Å²) in [4.78, 5) is 4.26. The summed E-state index contributed by atoms with van der Waals surface area (Å²) in [7, 11) is 0. The van der Waals surface area contributed by atoms with Crippen LogP contribution in [-0.2, 0) is 0 Å². The van der Waals surface area contributed by atoms with E-state index in [1.54, 1.807) is 0 Å². The quantitative estimate of drug-likeness (QED) is 0.422. The topological polar surface area (TPSA) is 70.7 Å². The van der Waals surface area contributed by atoms with Gasteiger partial charge in [-0.25, -0.2) is 4.98 Å². The van der Waals surface area contributed by atoms with E-state index >= 15 is 0 Å². The summed E-state index contributed by atoms with van der Waals surface area (Å²) >= 11 is 0. The molecule has 5 nitrogen and oxygen atoms in total. The molecule has 4 aromatic rings. The highest BCUT2D eigenvalue weighted by Gasteiger charge is 2.11. The van der Waals surface area contributed by atoms with Crippen molar-refractivity contribution in [1.29, 1.82) is 0 Å². The Morgan fingerprint density at radius 1 is 0.920 bits per heavy atom. The molecule has 0 atom stereocenters. The molecule has 0 unspecified atom stereocenters. The predicted molar refractivity (Wildman–Crippen MR) is 98.8 cm³/mol. The Kier molecular flexibility index (Phi) is 3.88. The summed E-state index contributed by atoms with van der Waals surface area (Å²) in [6.45, 7) is 0. The number of aromatic hydroxyl groups is 1. The molecule has 5 heteroatoms. The van der Waals surface area contributed by atoms with Gasteiger partial charge in [-0.1, -0.05) is 48.5 Å². The van der Waals surface area contributed by atoms with Gasteiger partial charge in [0.25, 0.3) is 0 Å². The van der Waals surface area contributed by atoms with Gasteiger partial charge in [0.1, 0.15) is 0 Å². The molecular formula is C20H15N3O2. The summed E-state index contributed by atoms with van der Waals surface area (Å²) in [6.07, 6.45) is 1.43. The van der Waals surface area contributed by atoms with E-state index in [9.17, 15) is 5.11 Å². The van der Waals surface area contributed by atoms with Gasteiger partial charge in [-0.15, -0.1) is 0 Å². The maximum Gasteiger partial charge on any atom is 0.312 e. The van der Waals surface area contributed by atoms with Gasteiger partial charge < -0.3 is 9.52 Å². The number of nitrogens with one attached hydrogen (secondary N) is 1. The third-order valence-corrected chi connectivity index (χ3v) is 3.79. The fourth-order valence-corrected chi connectivity index (χ4v) is 2.54. The number of hydrogen-bond acceptors (Lipinski definition) is 5. The zero-order valence-corrected chi connectivity index (χ0v) is 13.3. The predicted octanol–water partition coefficient (Wildman–Crippen LogP) is 4.65. The van der Waals surface area contributed by atoms with Gasteiger partial charge in [0.15, 0.2) is 5.69 Å². The number of aromatic nitrogens is 1. The highest BCUT2D eigenvalue weighted by Crippen LogP contribution is 2.25. The minimum atomic E-state index is -0.261. The molecule has 0 saturated carbocycles. The third kappa shape index (κ3) is 3.21. The zero-order valence-electron chi connectivity index (χ0n) is 13.3. The molecule has 1 aromatic heterocycles. The molecule has 1 heterocycles. The molecule has 0 radical (unpaired) electrons. The molecule has 0 bridgehead atoms. The van der Waals surface area contributed by atoms with Crippen LogP contribution in [0.1, 0.15) is 5.69 Å². The van der Waals surface area contributed by atoms with Crippen LogP contribution in [0.5, 0.6) is 5.95 Å². The fraction of sp³-hybridized carbons (Fsp3) is 0. The molecule has 4 rings (SSSR count). The molecule has 3 aromatic carbocycles. The minimum Gasteiger partial charge on any atom is -0.479 e. The van der Waals surface area contributed by atoms with Crippen molar-refractivity contribution in [3.05, 3.63) is 78.5 Å². The second kappa shape index (κ2) is 6.49. The number of hydrogen-bond donors (Lipinski definition) is 2. The lowest BCUT2D eigenvalue weighted by Gasteiger charge is -2.02. The molecule has 2 N–H and O–H groups in total. The molecule has 0 aliphatic heterocycles. The minimum absolute atomic E-state index is 0.261. The van der Waals surface area contributed by atoms with E-state index in [1.165, 1.54) is 11.6 Å². The maximum atomic E-state index is 9.88. The number of benzene rings is 3. The maximum absolute atomic E-state index is 9.88. The number of nitrogens with zero attached hydrogens (tertiary/aromatic N) is 2. The Morgan fingerprint density at radius 3 is 2.52 bits per heavy atom. The van der Waals surface area contributed by atoms with Crippen LogP contribution in [0.25, 0.3) is 22.2 Å². The van der Waals surface area contributed by atoms with Gasteiger partial charge in [0, 0.05) is 5.56 Å². The standard InChI is InChI=1S/C20H15N3O2/c24-20-18(22-19(25-20)15-7-2-1-3-8-15)13-21-23-17-11-10-14-6-4-5-9-16(14)12-17/h1-13,23-24H/b21-13+. The molecule has 122 valence electrons. The number of hydrazone groups is 1. The van der Waals surface area contributed by atoms with Crippen molar-refractivity contribution < 1.29 is 9.52 Å². The van der Waals surface area contributed by atoms with E-state index in [2.05, 4.69) is 21.6 Å². The largest absolute Gasteiger partial charge is 0.479 e. The molecule has 0 aliphatic rings. The Labute approximate surface area is 144 Å². The Morgan fingerprint density at radius 2 is 1.68 bits per heavy atom. The van der Waals surface area contributed by atoms with Crippen LogP contribution in [0.15, 0.2) is 82.3 Å². The van der Waals surface area contributed by atoms with E-state index in [0.717, 1.165) is 16.6 Å². The van der Waals surface area contributed by atoms with Gasteiger partial charge in [0.2, 0.25) is 5.89 Å². The smallest absolute Gasteiger partial charge is 0.312 e. The Hall–Kier alpha value is -3.60. The van der Waals surface area contributed by atoms with E-state index in [-0.39, 0.29) is 11.6 Å². The normalized spacial score (nSPS) is 11.2. The molecule has 0 amide bonds. The molecular weight excluding hydrogens is 314 g/mol. The highest BCUT2D eigenvalue weighted by molar-refractivity contribution is 5.86. The number of fused-ring (bicyclic) bond motifs is 1. The van der Waals surface area contributed by atoms with E-state index in [1.807, 2.05) is 66.7 Å². The highest BCUT2D eigenvalue weighted by atomic mass is 16.5. The van der Waals surface area contributed by atoms with E-state index in [4.69, 9.17) is 4.42 Å². The van der Waals surface area contributed by atoms with Gasteiger partial charge >= 0.3 is 5.95 Å². The first kappa shape index (κ1) is 15.0. The van der Waals surface area contributed by atoms with Crippen LogP contribution in [0, 0.1) is 0 Å². The van der Waals surface area contributed by atoms with Crippen molar-refractivity contribution >= 4 is 22.7 Å². The SMILES string of the molecule is Oc1oc(-c2ccccc2)nc1/C=N/Nc1ccc2ccccc2c1. The van der Waals surface area contributed by atoms with Crippen LogP contribution in [-0.4, -0.2) is 16.3 Å². The first-order valence-corrected chi connectivity index (χ1v) is 7.83. The van der Waals surface area contributed by atoms with Gasteiger partial charge in [-0.2, -0.15) is 5.10 Å². The third-order valence-electron chi connectivity index (χ3n) is 3.79. The van der Waals surface area contributed by atoms with Crippen molar-refractivity contribution in [3.8, 4) is 17.4 Å².